The molecule has 0 aliphatic carbocycles. The Bertz CT molecular complexity index is 1590. The molecule has 1 aliphatic heterocycles. The summed E-state index contributed by atoms with van der Waals surface area (Å²) in [7, 11) is 0. The number of rotatable bonds is 6. The van der Waals surface area contributed by atoms with Crippen molar-refractivity contribution in [2.45, 2.75) is 6.61 Å². The first-order valence-corrected chi connectivity index (χ1v) is 11.3. The van der Waals surface area contributed by atoms with Crippen molar-refractivity contribution < 1.29 is 24.0 Å². The van der Waals surface area contributed by atoms with Crippen LogP contribution in [0.5, 0.6) is 5.75 Å². The number of nitrogens with one attached hydrogen (secondary N) is 1. The van der Waals surface area contributed by atoms with Gasteiger partial charge in [0.25, 0.3) is 17.5 Å². The van der Waals surface area contributed by atoms with Crippen molar-refractivity contribution in [1.29, 1.82) is 0 Å². The van der Waals surface area contributed by atoms with Gasteiger partial charge in [-0.25, -0.2) is 9.69 Å². The van der Waals surface area contributed by atoms with Crippen LogP contribution in [0.2, 0.25) is 0 Å². The maximum atomic E-state index is 13.2. The molecule has 0 atom stereocenters. The summed E-state index contributed by atoms with van der Waals surface area (Å²) in [6.45, 7) is 0.259. The average molecular weight is 493 g/mol. The van der Waals surface area contributed by atoms with Crippen LogP contribution in [0.25, 0.3) is 16.8 Å². The van der Waals surface area contributed by atoms with Gasteiger partial charge in [-0.1, -0.05) is 60.7 Å². The molecule has 5 rings (SSSR count). The molecule has 4 amide bonds. The maximum absolute atomic E-state index is 13.2. The van der Waals surface area contributed by atoms with E-state index in [1.165, 1.54) is 30.3 Å². The van der Waals surface area contributed by atoms with Crippen LogP contribution in [0.3, 0.4) is 0 Å². The fourth-order valence-electron chi connectivity index (χ4n) is 4.08. The molecule has 0 bridgehead atoms. The Kier molecular flexibility index (Phi) is 6.17. The molecule has 37 heavy (non-hydrogen) atoms. The zero-order valence-corrected chi connectivity index (χ0v) is 19.3. The lowest BCUT2D eigenvalue weighted by Crippen LogP contribution is -2.54. The molecule has 0 unspecified atom stereocenters. The van der Waals surface area contributed by atoms with E-state index < -0.39 is 22.8 Å². The van der Waals surface area contributed by atoms with Crippen LogP contribution in [0, 0.1) is 10.1 Å². The van der Waals surface area contributed by atoms with E-state index in [1.54, 1.807) is 24.3 Å². The number of nitro groups is 1. The molecular formula is C28H19N3O6. The zero-order chi connectivity index (χ0) is 25.9. The SMILES string of the molecule is O=C1NC(=O)N(c2ccc([N+](=O)[O-])cc2)C(=O)/C1=C/c1ccccc1OCc1cccc2ccccc12. The van der Waals surface area contributed by atoms with E-state index in [9.17, 15) is 24.5 Å². The molecule has 9 nitrogen and oxygen atoms in total. The van der Waals surface area contributed by atoms with Gasteiger partial charge in [0.15, 0.2) is 0 Å². The fourth-order valence-corrected chi connectivity index (χ4v) is 4.08. The highest BCUT2D eigenvalue weighted by atomic mass is 16.6. The number of non-ortho nitro benzene ring substituents is 1. The van der Waals surface area contributed by atoms with Crippen molar-refractivity contribution in [1.82, 2.24) is 5.32 Å². The smallest absolute Gasteiger partial charge is 0.335 e. The third kappa shape index (κ3) is 4.65. The number of hydrogen-bond donors (Lipinski definition) is 1. The fraction of sp³-hybridized carbons (Fsp3) is 0.0357. The number of anilines is 1. The van der Waals surface area contributed by atoms with Gasteiger partial charge in [-0.05, 0) is 40.6 Å². The third-order valence-corrected chi connectivity index (χ3v) is 5.90. The molecule has 0 saturated carbocycles. The summed E-state index contributed by atoms with van der Waals surface area (Å²) >= 11 is 0. The Hall–Kier alpha value is -5.31. The molecular weight excluding hydrogens is 474 g/mol. The minimum atomic E-state index is -0.943. The van der Waals surface area contributed by atoms with Crippen molar-refractivity contribution >= 4 is 46.1 Å². The van der Waals surface area contributed by atoms with Gasteiger partial charge in [-0.15, -0.1) is 0 Å². The number of carbonyl (C=O) groups excluding carboxylic acids is 3. The summed E-state index contributed by atoms with van der Waals surface area (Å²) in [5.41, 5.74) is 1.06. The van der Waals surface area contributed by atoms with E-state index in [-0.39, 0.29) is 23.6 Å². The lowest BCUT2D eigenvalue weighted by Gasteiger charge is -2.26. The molecule has 0 aromatic heterocycles. The maximum Gasteiger partial charge on any atom is 0.335 e. The van der Waals surface area contributed by atoms with Crippen molar-refractivity contribution in [3.8, 4) is 5.75 Å². The number of amides is 4. The predicted octanol–water partition coefficient (Wildman–Crippen LogP) is 4.99. The molecule has 1 aliphatic rings. The summed E-state index contributed by atoms with van der Waals surface area (Å²) in [5.74, 6) is -1.26. The Morgan fingerprint density at radius 1 is 0.865 bits per heavy atom. The quantitative estimate of drug-likeness (QED) is 0.175. The van der Waals surface area contributed by atoms with E-state index in [0.717, 1.165) is 21.2 Å². The van der Waals surface area contributed by atoms with E-state index in [4.69, 9.17) is 4.74 Å². The number of carbonyl (C=O) groups is 3. The molecule has 4 aromatic rings. The first-order valence-electron chi connectivity index (χ1n) is 11.3. The van der Waals surface area contributed by atoms with Crippen LogP contribution in [-0.4, -0.2) is 22.8 Å². The Morgan fingerprint density at radius 2 is 1.57 bits per heavy atom. The number of nitro benzene ring substituents is 1. The van der Waals surface area contributed by atoms with Gasteiger partial charge in [-0.2, -0.15) is 0 Å². The molecule has 1 N–H and O–H groups in total. The van der Waals surface area contributed by atoms with Gasteiger partial charge in [0.2, 0.25) is 0 Å². The number of fused-ring (bicyclic) bond motifs is 1. The number of benzene rings is 4. The molecule has 1 saturated heterocycles. The van der Waals surface area contributed by atoms with Crippen molar-refractivity contribution in [2.24, 2.45) is 0 Å². The first-order chi connectivity index (χ1) is 17.9. The second kappa shape index (κ2) is 9.74. The lowest BCUT2D eigenvalue weighted by molar-refractivity contribution is -0.384. The summed E-state index contributed by atoms with van der Waals surface area (Å²) in [5, 5.41) is 15.2. The van der Waals surface area contributed by atoms with Crippen LogP contribution in [0.4, 0.5) is 16.2 Å². The molecule has 1 fully saturated rings. The number of urea groups is 1. The molecule has 1 heterocycles. The lowest BCUT2D eigenvalue weighted by atomic mass is 10.0. The minimum Gasteiger partial charge on any atom is -0.488 e. The number of nitrogens with zero attached hydrogens (tertiary/aromatic N) is 2. The normalized spacial score (nSPS) is 14.6. The summed E-state index contributed by atoms with van der Waals surface area (Å²) < 4.78 is 6.08. The van der Waals surface area contributed by atoms with Crippen LogP contribution < -0.4 is 15.0 Å². The molecule has 9 heteroatoms. The van der Waals surface area contributed by atoms with Gasteiger partial charge in [0, 0.05) is 17.7 Å². The number of barbiturate groups is 1. The molecule has 0 radical (unpaired) electrons. The van der Waals surface area contributed by atoms with Crippen LogP contribution in [0.1, 0.15) is 11.1 Å². The summed E-state index contributed by atoms with van der Waals surface area (Å²) in [6.07, 6.45) is 1.36. The number of ether oxygens (including phenoxy) is 1. The highest BCUT2D eigenvalue weighted by Gasteiger charge is 2.37. The Balaban J connectivity index is 1.44. The largest absolute Gasteiger partial charge is 0.488 e. The van der Waals surface area contributed by atoms with Crippen molar-refractivity contribution in [3.05, 3.63) is 118 Å². The molecule has 182 valence electrons. The highest BCUT2D eigenvalue weighted by Crippen LogP contribution is 2.28. The Labute approximate surface area is 210 Å². The van der Waals surface area contributed by atoms with Gasteiger partial charge < -0.3 is 4.74 Å². The minimum absolute atomic E-state index is 0.0898. The van der Waals surface area contributed by atoms with Gasteiger partial charge >= 0.3 is 6.03 Å². The van der Waals surface area contributed by atoms with Gasteiger partial charge in [-0.3, -0.25) is 25.0 Å². The van der Waals surface area contributed by atoms with Crippen LogP contribution >= 0.6 is 0 Å². The van der Waals surface area contributed by atoms with Crippen molar-refractivity contribution in [3.63, 3.8) is 0 Å². The first kappa shape index (κ1) is 23.4. The summed E-state index contributed by atoms with van der Waals surface area (Å²) in [6, 6.07) is 24.7. The van der Waals surface area contributed by atoms with E-state index in [0.29, 0.717) is 11.3 Å². The van der Waals surface area contributed by atoms with Crippen molar-refractivity contribution in [2.75, 3.05) is 4.90 Å². The monoisotopic (exact) mass is 493 g/mol. The summed E-state index contributed by atoms with van der Waals surface area (Å²) in [4.78, 5) is 49.4. The average Bonchev–Trinajstić information content (AvgIpc) is 2.90. The molecule has 4 aromatic carbocycles. The van der Waals surface area contributed by atoms with E-state index in [2.05, 4.69) is 5.32 Å². The number of hydrogen-bond acceptors (Lipinski definition) is 6. The predicted molar refractivity (Wildman–Crippen MR) is 137 cm³/mol. The third-order valence-electron chi connectivity index (χ3n) is 5.90. The van der Waals surface area contributed by atoms with E-state index in [1.807, 2.05) is 42.5 Å². The standard InChI is InChI=1S/C28H19N3O6/c32-26-24(27(33)30(28(34)29-26)21-12-14-22(15-13-21)31(35)36)16-19-7-2-4-11-25(19)37-17-20-9-5-8-18-6-1-3-10-23(18)20/h1-16H,17H2,(H,29,32,34)/b24-16+. The van der Waals surface area contributed by atoms with Gasteiger partial charge in [0.1, 0.15) is 17.9 Å². The molecule has 0 spiro atoms. The highest BCUT2D eigenvalue weighted by molar-refractivity contribution is 6.39. The van der Waals surface area contributed by atoms with Crippen LogP contribution in [-0.2, 0) is 16.2 Å². The van der Waals surface area contributed by atoms with Gasteiger partial charge in [0.05, 0.1) is 10.6 Å². The Morgan fingerprint density at radius 3 is 2.35 bits per heavy atom. The number of imide groups is 2. The zero-order valence-electron chi connectivity index (χ0n) is 19.3. The van der Waals surface area contributed by atoms with Crippen LogP contribution in [0.15, 0.2) is 96.6 Å². The second-order valence-corrected chi connectivity index (χ2v) is 8.20. The topological polar surface area (TPSA) is 119 Å². The van der Waals surface area contributed by atoms with E-state index >= 15 is 0 Å². The second-order valence-electron chi connectivity index (χ2n) is 8.20. The number of para-hydroxylation sites is 1.